The molecule has 1 aromatic heterocycles. The van der Waals surface area contributed by atoms with E-state index in [0.717, 1.165) is 11.8 Å². The smallest absolute Gasteiger partial charge is 0.434 e. The van der Waals surface area contributed by atoms with Crippen molar-refractivity contribution < 1.29 is 22.7 Å². The first-order chi connectivity index (χ1) is 14.3. The fourth-order valence-corrected chi connectivity index (χ4v) is 2.78. The minimum Gasteiger partial charge on any atom is -0.497 e. The van der Waals surface area contributed by atoms with Gasteiger partial charge in [0.1, 0.15) is 5.75 Å². The van der Waals surface area contributed by atoms with Crippen LogP contribution in [0.1, 0.15) is 21.6 Å². The van der Waals surface area contributed by atoms with Gasteiger partial charge in [-0.1, -0.05) is 36.4 Å². The number of halogens is 3. The maximum Gasteiger partial charge on any atom is 0.434 e. The highest BCUT2D eigenvalue weighted by atomic mass is 19.4. The Morgan fingerprint density at radius 3 is 2.53 bits per heavy atom. The molecular weight excluding hydrogens is 397 g/mol. The van der Waals surface area contributed by atoms with Gasteiger partial charge in [0.05, 0.1) is 12.7 Å². The largest absolute Gasteiger partial charge is 0.497 e. The van der Waals surface area contributed by atoms with Gasteiger partial charge in [-0.3, -0.25) is 4.79 Å². The molecule has 0 spiro atoms. The zero-order valence-electron chi connectivity index (χ0n) is 16.3. The lowest BCUT2D eigenvalue weighted by atomic mass is 10.1. The van der Waals surface area contributed by atoms with E-state index in [1.807, 2.05) is 6.07 Å². The van der Waals surface area contributed by atoms with Crippen LogP contribution >= 0.6 is 0 Å². The number of methoxy groups -OCH3 is 1. The molecule has 0 fully saturated rings. The van der Waals surface area contributed by atoms with Gasteiger partial charge in [0.15, 0.2) is 5.69 Å². The number of aromatic nitrogens is 2. The summed E-state index contributed by atoms with van der Waals surface area (Å²) in [7, 11) is 2.90. The molecule has 0 unspecified atom stereocenters. The van der Waals surface area contributed by atoms with Crippen LogP contribution in [0.3, 0.4) is 0 Å². The summed E-state index contributed by atoms with van der Waals surface area (Å²) in [6.45, 7) is 0.154. The molecule has 2 aromatic carbocycles. The minimum atomic E-state index is -4.83. The molecule has 3 aromatic rings. The van der Waals surface area contributed by atoms with Gasteiger partial charge in [0, 0.05) is 31.5 Å². The molecule has 0 aliphatic rings. The number of anilines is 2. The lowest BCUT2D eigenvalue weighted by Gasteiger charge is -2.20. The summed E-state index contributed by atoms with van der Waals surface area (Å²) in [5.41, 5.74) is -0.674. The topological polar surface area (TPSA) is 67.3 Å². The summed E-state index contributed by atoms with van der Waals surface area (Å²) in [4.78, 5) is 21.3. The van der Waals surface area contributed by atoms with Crippen LogP contribution < -0.4 is 10.1 Å². The van der Waals surface area contributed by atoms with Gasteiger partial charge in [-0.05, 0) is 17.7 Å². The van der Waals surface area contributed by atoms with E-state index in [1.165, 1.54) is 19.1 Å². The monoisotopic (exact) mass is 416 g/mol. The molecule has 0 bridgehead atoms. The Bertz CT molecular complexity index is 1030. The molecule has 0 saturated heterocycles. The molecule has 156 valence electrons. The lowest BCUT2D eigenvalue weighted by molar-refractivity contribution is -0.141. The van der Waals surface area contributed by atoms with Gasteiger partial charge in [-0.2, -0.15) is 13.2 Å². The highest BCUT2D eigenvalue weighted by Gasteiger charge is 2.38. The van der Waals surface area contributed by atoms with Gasteiger partial charge in [0.2, 0.25) is 5.95 Å². The van der Waals surface area contributed by atoms with Gasteiger partial charge in [-0.15, -0.1) is 0 Å². The first kappa shape index (κ1) is 21.1. The maximum absolute atomic E-state index is 13.6. The second-order valence-electron chi connectivity index (χ2n) is 6.46. The van der Waals surface area contributed by atoms with E-state index in [0.29, 0.717) is 11.4 Å². The number of carbonyl (C=O) groups is 1. The Kier molecular flexibility index (Phi) is 6.20. The quantitative estimate of drug-likeness (QED) is 0.640. The molecule has 3 rings (SSSR count). The molecule has 0 saturated carbocycles. The number of amides is 1. The highest BCUT2D eigenvalue weighted by molar-refractivity contribution is 5.95. The summed E-state index contributed by atoms with van der Waals surface area (Å²) in [5.74, 6) is -0.581. The van der Waals surface area contributed by atoms with Crippen LogP contribution in [0.5, 0.6) is 5.75 Å². The Labute approximate surface area is 171 Å². The fraction of sp³-hybridized carbons (Fsp3) is 0.190. The van der Waals surface area contributed by atoms with Crippen LogP contribution in [0.2, 0.25) is 0 Å². The Morgan fingerprint density at radius 2 is 1.87 bits per heavy atom. The van der Waals surface area contributed by atoms with Crippen molar-refractivity contribution in [2.75, 3.05) is 19.5 Å². The lowest BCUT2D eigenvalue weighted by Crippen LogP contribution is -2.29. The summed E-state index contributed by atoms with van der Waals surface area (Å²) in [6.07, 6.45) is -3.94. The molecule has 0 aliphatic heterocycles. The van der Waals surface area contributed by atoms with E-state index >= 15 is 0 Å². The summed E-state index contributed by atoms with van der Waals surface area (Å²) in [6, 6.07) is 15.5. The number of nitrogens with one attached hydrogen (secondary N) is 1. The average Bonchev–Trinajstić information content (AvgIpc) is 2.73. The van der Waals surface area contributed by atoms with Crippen molar-refractivity contribution in [1.82, 2.24) is 14.9 Å². The first-order valence-electron chi connectivity index (χ1n) is 8.92. The van der Waals surface area contributed by atoms with Crippen molar-refractivity contribution in [2.45, 2.75) is 12.7 Å². The van der Waals surface area contributed by atoms with E-state index in [2.05, 4.69) is 15.3 Å². The number of alkyl halides is 3. The SMILES string of the molecule is COc1cccc(Nc2ncc(C(=O)N(C)Cc3ccccc3)c(C(F)(F)F)n2)c1. The summed E-state index contributed by atoms with van der Waals surface area (Å²) >= 11 is 0. The standard InChI is InChI=1S/C21H19F3N4O2/c1-28(13-14-7-4-3-5-8-14)19(29)17-12-25-20(27-18(17)21(22,23)24)26-15-9-6-10-16(11-15)30-2/h3-12H,13H2,1-2H3,(H,25,26,27). The fourth-order valence-electron chi connectivity index (χ4n) is 2.78. The van der Waals surface area contributed by atoms with Crippen molar-refractivity contribution in [2.24, 2.45) is 0 Å². The third-order valence-corrected chi connectivity index (χ3v) is 4.22. The number of benzene rings is 2. The van der Waals surface area contributed by atoms with E-state index in [4.69, 9.17) is 4.74 Å². The number of ether oxygens (including phenoxy) is 1. The number of hydrogen-bond acceptors (Lipinski definition) is 5. The Hall–Kier alpha value is -3.62. The summed E-state index contributed by atoms with van der Waals surface area (Å²) in [5, 5.41) is 2.70. The van der Waals surface area contributed by atoms with Crippen molar-refractivity contribution >= 4 is 17.5 Å². The van der Waals surface area contributed by atoms with E-state index in [-0.39, 0.29) is 12.5 Å². The van der Waals surface area contributed by atoms with Crippen molar-refractivity contribution in [3.63, 3.8) is 0 Å². The second kappa shape index (κ2) is 8.81. The molecule has 0 radical (unpaired) electrons. The first-order valence-corrected chi connectivity index (χ1v) is 8.92. The predicted molar refractivity (Wildman–Crippen MR) is 106 cm³/mol. The molecule has 1 N–H and O–H groups in total. The minimum absolute atomic E-state index is 0.154. The predicted octanol–water partition coefficient (Wildman–Crippen LogP) is 4.52. The molecule has 0 aliphatic carbocycles. The molecule has 9 heteroatoms. The molecular formula is C21H19F3N4O2. The molecule has 1 heterocycles. The third kappa shape index (κ3) is 5.05. The molecule has 30 heavy (non-hydrogen) atoms. The number of hydrogen-bond donors (Lipinski definition) is 1. The van der Waals surface area contributed by atoms with Crippen LogP contribution in [-0.2, 0) is 12.7 Å². The van der Waals surface area contributed by atoms with Gasteiger partial charge < -0.3 is 15.0 Å². The Balaban J connectivity index is 1.88. The molecule has 1 amide bonds. The van der Waals surface area contributed by atoms with Crippen LogP contribution in [-0.4, -0.2) is 34.9 Å². The van der Waals surface area contributed by atoms with Gasteiger partial charge >= 0.3 is 6.18 Å². The van der Waals surface area contributed by atoms with E-state index < -0.39 is 23.3 Å². The van der Waals surface area contributed by atoms with E-state index in [1.54, 1.807) is 48.5 Å². The average molecular weight is 416 g/mol. The molecule has 6 nitrogen and oxygen atoms in total. The zero-order chi connectivity index (χ0) is 21.7. The van der Waals surface area contributed by atoms with E-state index in [9.17, 15) is 18.0 Å². The van der Waals surface area contributed by atoms with Crippen molar-refractivity contribution in [1.29, 1.82) is 0 Å². The maximum atomic E-state index is 13.6. The van der Waals surface area contributed by atoms with Crippen LogP contribution in [0, 0.1) is 0 Å². The third-order valence-electron chi connectivity index (χ3n) is 4.22. The normalized spacial score (nSPS) is 11.1. The Morgan fingerprint density at radius 1 is 1.13 bits per heavy atom. The second-order valence-corrected chi connectivity index (χ2v) is 6.46. The van der Waals surface area contributed by atoms with Crippen molar-refractivity contribution in [3.05, 3.63) is 77.6 Å². The molecule has 0 atom stereocenters. The number of nitrogens with zero attached hydrogens (tertiary/aromatic N) is 3. The number of carbonyl (C=O) groups excluding carboxylic acids is 1. The van der Waals surface area contributed by atoms with Crippen molar-refractivity contribution in [3.8, 4) is 5.75 Å². The van der Waals surface area contributed by atoms with Crippen LogP contribution in [0.4, 0.5) is 24.8 Å². The van der Waals surface area contributed by atoms with Crippen LogP contribution in [0.15, 0.2) is 60.8 Å². The highest BCUT2D eigenvalue weighted by Crippen LogP contribution is 2.32. The number of rotatable bonds is 6. The van der Waals surface area contributed by atoms with Gasteiger partial charge in [0.25, 0.3) is 5.91 Å². The van der Waals surface area contributed by atoms with Crippen LogP contribution in [0.25, 0.3) is 0 Å². The summed E-state index contributed by atoms with van der Waals surface area (Å²) < 4.78 is 46.0. The zero-order valence-corrected chi connectivity index (χ0v) is 16.3. The van der Waals surface area contributed by atoms with Gasteiger partial charge in [-0.25, -0.2) is 9.97 Å².